The molecule has 0 spiro atoms. The van der Waals surface area contributed by atoms with Gasteiger partial charge in [0.05, 0.1) is 16.1 Å². The quantitative estimate of drug-likeness (QED) is 0.504. The number of hydrogen-bond acceptors (Lipinski definition) is 3. The van der Waals surface area contributed by atoms with E-state index in [2.05, 4.69) is 51.9 Å². The number of benzene rings is 3. The van der Waals surface area contributed by atoms with E-state index in [4.69, 9.17) is 0 Å². The monoisotopic (exact) mass is 390 g/mol. The molecule has 0 amide bonds. The van der Waals surface area contributed by atoms with Crippen molar-refractivity contribution in [2.75, 3.05) is 25.3 Å². The first-order valence-corrected chi connectivity index (χ1v) is 10.9. The lowest BCUT2D eigenvalue weighted by Crippen LogP contribution is -2.08. The van der Waals surface area contributed by atoms with Crippen molar-refractivity contribution in [3.05, 3.63) is 78.9 Å². The van der Waals surface area contributed by atoms with Gasteiger partial charge in [0, 0.05) is 37.1 Å². The zero-order valence-electron chi connectivity index (χ0n) is 16.1. The summed E-state index contributed by atoms with van der Waals surface area (Å²) in [6.45, 7) is 0. The van der Waals surface area contributed by atoms with Gasteiger partial charge in [-0.2, -0.15) is 0 Å². The molecule has 0 radical (unpaired) electrons. The lowest BCUT2D eigenvalue weighted by Gasteiger charge is -2.15. The second kappa shape index (κ2) is 6.84. The van der Waals surface area contributed by atoms with Crippen molar-refractivity contribution in [1.82, 2.24) is 4.57 Å². The Morgan fingerprint density at radius 3 is 2.07 bits per heavy atom. The third-order valence-corrected chi connectivity index (χ3v) is 6.04. The largest absolute Gasteiger partial charge is 0.378 e. The van der Waals surface area contributed by atoms with Crippen molar-refractivity contribution >= 4 is 26.4 Å². The van der Waals surface area contributed by atoms with Crippen LogP contribution in [0.3, 0.4) is 0 Å². The summed E-state index contributed by atoms with van der Waals surface area (Å²) in [4.78, 5) is 2.40. The number of para-hydroxylation sites is 1. The van der Waals surface area contributed by atoms with E-state index in [1.165, 1.54) is 6.26 Å². The van der Waals surface area contributed by atoms with E-state index in [-0.39, 0.29) is 0 Å². The van der Waals surface area contributed by atoms with Crippen LogP contribution in [0.15, 0.2) is 83.8 Å². The average molecular weight is 391 g/mol. The van der Waals surface area contributed by atoms with Gasteiger partial charge in [0.25, 0.3) is 0 Å². The summed E-state index contributed by atoms with van der Waals surface area (Å²) in [7, 11) is 0.832. The number of sulfone groups is 1. The number of aromatic nitrogens is 1. The molecule has 28 heavy (non-hydrogen) atoms. The minimum atomic E-state index is -3.21. The topological polar surface area (TPSA) is 42.3 Å². The Hall–Kier alpha value is -3.05. The fourth-order valence-corrected chi connectivity index (χ4v) is 4.05. The van der Waals surface area contributed by atoms with Gasteiger partial charge in [-0.1, -0.05) is 30.3 Å². The molecule has 0 saturated heterocycles. The van der Waals surface area contributed by atoms with Gasteiger partial charge in [-0.3, -0.25) is 0 Å². The van der Waals surface area contributed by atoms with E-state index >= 15 is 0 Å². The van der Waals surface area contributed by atoms with E-state index in [1.54, 1.807) is 12.1 Å². The van der Waals surface area contributed by atoms with E-state index < -0.39 is 9.84 Å². The summed E-state index contributed by atoms with van der Waals surface area (Å²) in [5.41, 5.74) is 5.31. The highest BCUT2D eigenvalue weighted by atomic mass is 32.2. The Morgan fingerprint density at radius 1 is 0.821 bits per heavy atom. The lowest BCUT2D eigenvalue weighted by molar-refractivity contribution is 0.602. The van der Waals surface area contributed by atoms with Crippen LogP contribution in [0.1, 0.15) is 0 Å². The lowest BCUT2D eigenvalue weighted by atomic mass is 10.1. The maximum absolute atomic E-state index is 11.8. The van der Waals surface area contributed by atoms with E-state index in [0.717, 1.165) is 33.5 Å². The molecule has 4 aromatic rings. The van der Waals surface area contributed by atoms with Crippen LogP contribution in [0.5, 0.6) is 0 Å². The number of anilines is 1. The fraction of sp³-hybridized carbons (Fsp3) is 0.130. The molecule has 1 heterocycles. The summed E-state index contributed by atoms with van der Waals surface area (Å²) in [5, 5.41) is 1.14. The van der Waals surface area contributed by atoms with Crippen LogP contribution in [0.25, 0.3) is 27.8 Å². The van der Waals surface area contributed by atoms with Gasteiger partial charge >= 0.3 is 0 Å². The summed E-state index contributed by atoms with van der Waals surface area (Å²) < 4.78 is 25.8. The van der Waals surface area contributed by atoms with Gasteiger partial charge in [-0.05, 0) is 54.1 Å². The van der Waals surface area contributed by atoms with Crippen LogP contribution in [0, 0.1) is 0 Å². The molecule has 3 aromatic carbocycles. The first-order valence-electron chi connectivity index (χ1n) is 9.03. The molecule has 4 nitrogen and oxygen atoms in total. The summed E-state index contributed by atoms with van der Waals surface area (Å²) in [5.74, 6) is 0. The third-order valence-electron chi connectivity index (χ3n) is 4.91. The van der Waals surface area contributed by atoms with Crippen molar-refractivity contribution < 1.29 is 8.42 Å². The van der Waals surface area contributed by atoms with Crippen LogP contribution >= 0.6 is 0 Å². The fourth-order valence-electron chi connectivity index (χ4n) is 3.42. The molecule has 1 aromatic heterocycles. The first-order chi connectivity index (χ1) is 13.3. The van der Waals surface area contributed by atoms with Gasteiger partial charge < -0.3 is 9.47 Å². The van der Waals surface area contributed by atoms with Gasteiger partial charge in [0.15, 0.2) is 9.84 Å². The van der Waals surface area contributed by atoms with Gasteiger partial charge in [-0.25, -0.2) is 8.42 Å². The summed E-state index contributed by atoms with van der Waals surface area (Å²) >= 11 is 0. The van der Waals surface area contributed by atoms with Gasteiger partial charge in [-0.15, -0.1) is 0 Å². The van der Waals surface area contributed by atoms with Crippen molar-refractivity contribution in [2.45, 2.75) is 4.90 Å². The van der Waals surface area contributed by atoms with Crippen LogP contribution in [0.4, 0.5) is 5.69 Å². The highest BCUT2D eigenvalue weighted by Gasteiger charge is 2.14. The summed E-state index contributed by atoms with van der Waals surface area (Å²) in [6.07, 6.45) is 1.23. The first kappa shape index (κ1) is 18.3. The molecular weight excluding hydrogens is 368 g/mol. The number of nitrogens with zero attached hydrogens (tertiary/aromatic N) is 2. The standard InChI is InChI=1S/C23H22N2O2S/c1-24(2)19-10-12-20(13-11-19)25-22-7-5-4-6-18(22)16-23(25)17-8-14-21(15-9-17)28(3,26)27/h4-16H,1-3H3. The predicted molar refractivity (Wildman–Crippen MR) is 116 cm³/mol. The Morgan fingerprint density at radius 2 is 1.46 bits per heavy atom. The minimum absolute atomic E-state index is 0.328. The number of hydrogen-bond donors (Lipinski definition) is 0. The molecule has 0 saturated carbocycles. The Labute approximate surface area is 165 Å². The minimum Gasteiger partial charge on any atom is -0.378 e. The molecule has 0 atom stereocenters. The summed E-state index contributed by atoms with van der Waals surface area (Å²) in [6, 6.07) is 25.9. The molecule has 5 heteroatoms. The maximum Gasteiger partial charge on any atom is 0.175 e. The average Bonchev–Trinajstić information content (AvgIpc) is 3.07. The SMILES string of the molecule is CN(C)c1ccc(-n2c(-c3ccc(S(C)(=O)=O)cc3)cc3ccccc32)cc1. The van der Waals surface area contributed by atoms with Gasteiger partial charge in [0.1, 0.15) is 0 Å². The highest BCUT2D eigenvalue weighted by Crippen LogP contribution is 2.32. The zero-order valence-corrected chi connectivity index (χ0v) is 16.9. The molecular formula is C23H22N2O2S. The van der Waals surface area contributed by atoms with Crippen molar-refractivity contribution in [2.24, 2.45) is 0 Å². The van der Waals surface area contributed by atoms with Crippen LogP contribution in [-0.4, -0.2) is 33.3 Å². The van der Waals surface area contributed by atoms with Gasteiger partial charge in [0.2, 0.25) is 0 Å². The number of fused-ring (bicyclic) bond motifs is 1. The predicted octanol–water partition coefficient (Wildman–Crippen LogP) is 4.77. The van der Waals surface area contributed by atoms with E-state index in [0.29, 0.717) is 4.90 Å². The van der Waals surface area contributed by atoms with Crippen LogP contribution in [-0.2, 0) is 9.84 Å². The normalized spacial score (nSPS) is 11.7. The van der Waals surface area contributed by atoms with Crippen LogP contribution < -0.4 is 4.90 Å². The molecule has 0 aliphatic heterocycles. The Balaban J connectivity index is 1.90. The molecule has 0 aliphatic rings. The van der Waals surface area contributed by atoms with Crippen molar-refractivity contribution in [3.63, 3.8) is 0 Å². The maximum atomic E-state index is 11.8. The molecule has 142 valence electrons. The zero-order chi connectivity index (χ0) is 19.9. The molecule has 0 unspecified atom stereocenters. The van der Waals surface area contributed by atoms with Crippen LogP contribution in [0.2, 0.25) is 0 Å². The Kier molecular flexibility index (Phi) is 4.47. The third kappa shape index (κ3) is 3.29. The van der Waals surface area contributed by atoms with E-state index in [1.807, 2.05) is 38.4 Å². The number of rotatable bonds is 4. The molecule has 4 rings (SSSR count). The Bertz CT molecular complexity index is 1240. The second-order valence-electron chi connectivity index (χ2n) is 7.13. The molecule has 0 N–H and O–H groups in total. The molecule has 0 bridgehead atoms. The molecule has 0 aliphatic carbocycles. The van der Waals surface area contributed by atoms with Crippen molar-refractivity contribution in [3.8, 4) is 16.9 Å². The smallest absolute Gasteiger partial charge is 0.175 e. The van der Waals surface area contributed by atoms with Crippen molar-refractivity contribution in [1.29, 1.82) is 0 Å². The molecule has 0 fully saturated rings. The highest BCUT2D eigenvalue weighted by molar-refractivity contribution is 7.90. The second-order valence-corrected chi connectivity index (χ2v) is 9.15. The van der Waals surface area contributed by atoms with E-state index in [9.17, 15) is 8.42 Å².